The van der Waals surface area contributed by atoms with E-state index >= 15 is 0 Å². The summed E-state index contributed by atoms with van der Waals surface area (Å²) in [6, 6.07) is 8.64. The van der Waals surface area contributed by atoms with E-state index in [1.165, 1.54) is 0 Å². The predicted molar refractivity (Wildman–Crippen MR) is 78.2 cm³/mol. The molecule has 1 aromatic rings. The van der Waals surface area contributed by atoms with Crippen LogP contribution in [-0.2, 0) is 14.3 Å². The largest absolute Gasteiger partial charge is 0.426 e. The lowest BCUT2D eigenvalue weighted by Crippen LogP contribution is -2.29. The fourth-order valence-electron chi connectivity index (χ4n) is 2.67. The van der Waals surface area contributed by atoms with Gasteiger partial charge in [-0.2, -0.15) is 5.26 Å². The molecule has 0 radical (unpaired) electrons. The van der Waals surface area contributed by atoms with Gasteiger partial charge in [-0.1, -0.05) is 0 Å². The molecule has 1 aliphatic heterocycles. The van der Waals surface area contributed by atoms with Crippen LogP contribution < -0.4 is 4.74 Å². The number of ether oxygens (including phenoxy) is 3. The molecule has 1 unspecified atom stereocenters. The van der Waals surface area contributed by atoms with Crippen LogP contribution in [0.15, 0.2) is 24.3 Å². The van der Waals surface area contributed by atoms with E-state index in [1.807, 2.05) is 6.07 Å². The highest BCUT2D eigenvalue weighted by Crippen LogP contribution is 2.28. The Morgan fingerprint density at radius 2 is 1.91 bits per heavy atom. The summed E-state index contributed by atoms with van der Waals surface area (Å²) in [4.78, 5) is 12.2. The molecule has 0 aromatic heterocycles. The molecule has 5 heteroatoms. The number of carbonyl (C=O) groups is 1. The first-order valence-electron chi connectivity index (χ1n) is 7.69. The lowest BCUT2D eigenvalue weighted by atomic mass is 9.87. The molecule has 0 amide bonds. The van der Waals surface area contributed by atoms with Gasteiger partial charge in [0.15, 0.2) is 0 Å². The van der Waals surface area contributed by atoms with Crippen molar-refractivity contribution in [2.75, 3.05) is 13.2 Å². The van der Waals surface area contributed by atoms with E-state index in [0.29, 0.717) is 24.0 Å². The Hall–Kier alpha value is -1.90. The first kappa shape index (κ1) is 15.0. The van der Waals surface area contributed by atoms with Gasteiger partial charge in [0.05, 0.1) is 36.9 Å². The van der Waals surface area contributed by atoms with Crippen molar-refractivity contribution >= 4 is 5.97 Å². The number of nitriles is 1. The molecule has 5 nitrogen and oxygen atoms in total. The van der Waals surface area contributed by atoms with Crippen LogP contribution in [0.25, 0.3) is 0 Å². The van der Waals surface area contributed by atoms with Gasteiger partial charge in [0.2, 0.25) is 0 Å². The van der Waals surface area contributed by atoms with Crippen molar-refractivity contribution in [1.82, 2.24) is 0 Å². The second-order valence-electron chi connectivity index (χ2n) is 5.82. The summed E-state index contributed by atoms with van der Waals surface area (Å²) in [5.74, 6) is 0.245. The van der Waals surface area contributed by atoms with Crippen molar-refractivity contribution in [2.24, 2.45) is 5.92 Å². The maximum atomic E-state index is 12.2. The maximum absolute atomic E-state index is 12.2. The van der Waals surface area contributed by atoms with Gasteiger partial charge in [-0.15, -0.1) is 0 Å². The van der Waals surface area contributed by atoms with E-state index in [0.717, 1.165) is 32.3 Å². The molecular formula is C17H19NO4. The average molecular weight is 301 g/mol. The molecule has 3 rings (SSSR count). The highest BCUT2D eigenvalue weighted by molar-refractivity contribution is 5.75. The summed E-state index contributed by atoms with van der Waals surface area (Å²) in [7, 11) is 0. The van der Waals surface area contributed by atoms with Gasteiger partial charge in [0.25, 0.3) is 0 Å². The van der Waals surface area contributed by atoms with E-state index in [9.17, 15) is 4.79 Å². The lowest BCUT2D eigenvalue weighted by Gasteiger charge is -2.27. The summed E-state index contributed by atoms with van der Waals surface area (Å²) >= 11 is 0. The van der Waals surface area contributed by atoms with E-state index in [-0.39, 0.29) is 18.0 Å². The number of nitrogens with zero attached hydrogens (tertiary/aromatic N) is 1. The van der Waals surface area contributed by atoms with Crippen LogP contribution in [0.3, 0.4) is 0 Å². The van der Waals surface area contributed by atoms with Crippen molar-refractivity contribution in [3.8, 4) is 11.8 Å². The van der Waals surface area contributed by atoms with Crippen molar-refractivity contribution < 1.29 is 19.0 Å². The normalized spacial score (nSPS) is 27.0. The van der Waals surface area contributed by atoms with Crippen molar-refractivity contribution in [3.05, 3.63) is 29.8 Å². The molecule has 1 aliphatic carbocycles. The van der Waals surface area contributed by atoms with Crippen molar-refractivity contribution in [3.63, 3.8) is 0 Å². The zero-order chi connectivity index (χ0) is 15.4. The SMILES string of the molecule is N#Cc1ccc(OC(=O)C2CCC(OCC3CO3)CC2)cc1. The number of carbonyl (C=O) groups excluding carboxylic acids is 1. The Balaban J connectivity index is 1.43. The molecule has 116 valence electrons. The van der Waals surface area contributed by atoms with Crippen LogP contribution in [-0.4, -0.2) is 31.4 Å². The number of rotatable bonds is 5. The van der Waals surface area contributed by atoms with Gasteiger partial charge in [0.1, 0.15) is 11.9 Å². The molecule has 1 aromatic carbocycles. The first-order chi connectivity index (χ1) is 10.7. The zero-order valence-electron chi connectivity index (χ0n) is 12.4. The first-order valence-corrected chi connectivity index (χ1v) is 7.69. The molecule has 1 saturated carbocycles. The number of benzene rings is 1. The minimum atomic E-state index is -0.186. The summed E-state index contributed by atoms with van der Waals surface area (Å²) in [5, 5.41) is 8.74. The topological polar surface area (TPSA) is 71.8 Å². The highest BCUT2D eigenvalue weighted by Gasteiger charge is 2.30. The Morgan fingerprint density at radius 1 is 1.23 bits per heavy atom. The molecule has 1 heterocycles. The average Bonchev–Trinajstić information content (AvgIpc) is 3.38. The van der Waals surface area contributed by atoms with E-state index < -0.39 is 0 Å². The van der Waals surface area contributed by atoms with Crippen molar-refractivity contribution in [2.45, 2.75) is 37.9 Å². The Morgan fingerprint density at radius 3 is 2.50 bits per heavy atom. The van der Waals surface area contributed by atoms with Gasteiger partial charge < -0.3 is 14.2 Å². The maximum Gasteiger partial charge on any atom is 0.314 e. The minimum Gasteiger partial charge on any atom is -0.426 e. The monoisotopic (exact) mass is 301 g/mol. The van der Waals surface area contributed by atoms with Gasteiger partial charge in [-0.3, -0.25) is 4.79 Å². The lowest BCUT2D eigenvalue weighted by molar-refractivity contribution is -0.141. The van der Waals surface area contributed by atoms with E-state index in [1.54, 1.807) is 24.3 Å². The molecule has 0 spiro atoms. The van der Waals surface area contributed by atoms with Gasteiger partial charge >= 0.3 is 5.97 Å². The van der Waals surface area contributed by atoms with Crippen LogP contribution in [0.5, 0.6) is 5.75 Å². The third kappa shape index (κ3) is 4.06. The second kappa shape index (κ2) is 6.91. The van der Waals surface area contributed by atoms with E-state index in [4.69, 9.17) is 19.5 Å². The molecule has 2 aliphatic rings. The smallest absolute Gasteiger partial charge is 0.314 e. The van der Waals surface area contributed by atoms with Gasteiger partial charge in [-0.25, -0.2) is 0 Å². The highest BCUT2D eigenvalue weighted by atomic mass is 16.6. The molecule has 0 bridgehead atoms. The fraction of sp³-hybridized carbons (Fsp3) is 0.529. The van der Waals surface area contributed by atoms with Gasteiger partial charge in [0, 0.05) is 0 Å². The number of hydrogen-bond acceptors (Lipinski definition) is 5. The predicted octanol–water partition coefficient (Wildman–Crippen LogP) is 2.44. The van der Waals surface area contributed by atoms with Crippen molar-refractivity contribution in [1.29, 1.82) is 5.26 Å². The number of esters is 1. The van der Waals surface area contributed by atoms with Crippen LogP contribution in [0, 0.1) is 17.2 Å². The Kier molecular flexibility index (Phi) is 4.71. The van der Waals surface area contributed by atoms with Crippen LogP contribution >= 0.6 is 0 Å². The Labute approximate surface area is 129 Å². The molecule has 1 atom stereocenters. The molecule has 22 heavy (non-hydrogen) atoms. The quantitative estimate of drug-likeness (QED) is 0.474. The summed E-state index contributed by atoms with van der Waals surface area (Å²) < 4.78 is 16.3. The summed E-state index contributed by atoms with van der Waals surface area (Å²) in [5.41, 5.74) is 0.553. The Bertz CT molecular complexity index is 551. The molecule has 2 fully saturated rings. The minimum absolute atomic E-state index is 0.0623. The number of epoxide rings is 1. The third-order valence-electron chi connectivity index (χ3n) is 4.13. The second-order valence-corrected chi connectivity index (χ2v) is 5.82. The van der Waals surface area contributed by atoms with Crippen LogP contribution in [0.2, 0.25) is 0 Å². The molecule has 1 saturated heterocycles. The standard InChI is InChI=1S/C17H19NO4/c18-9-12-1-5-15(6-2-12)22-17(19)13-3-7-14(8-4-13)20-10-16-11-21-16/h1-2,5-6,13-14,16H,3-4,7-8,10-11H2. The molecule has 0 N–H and O–H groups in total. The summed E-state index contributed by atoms with van der Waals surface area (Å²) in [6.07, 6.45) is 3.90. The zero-order valence-corrected chi connectivity index (χ0v) is 12.4. The number of hydrogen-bond donors (Lipinski definition) is 0. The fourth-order valence-corrected chi connectivity index (χ4v) is 2.67. The van der Waals surface area contributed by atoms with E-state index in [2.05, 4.69) is 0 Å². The summed E-state index contributed by atoms with van der Waals surface area (Å²) in [6.45, 7) is 1.48. The van der Waals surface area contributed by atoms with Crippen LogP contribution in [0.4, 0.5) is 0 Å². The van der Waals surface area contributed by atoms with Crippen LogP contribution in [0.1, 0.15) is 31.2 Å². The molecular weight excluding hydrogens is 282 g/mol. The third-order valence-corrected chi connectivity index (χ3v) is 4.13. The van der Waals surface area contributed by atoms with Gasteiger partial charge in [-0.05, 0) is 49.9 Å².